The smallest absolute Gasteiger partial charge is 0.657 e. The average Bonchev–Trinajstić information content (AvgIpc) is 3.96. The molecule has 4 aromatic rings. The fourth-order valence-corrected chi connectivity index (χ4v) is 7.20. The van der Waals surface area contributed by atoms with Crippen LogP contribution in [0.15, 0.2) is 60.7 Å². The third kappa shape index (κ3) is 9.19. The Hall–Kier alpha value is -3.34. The van der Waals surface area contributed by atoms with E-state index in [0.29, 0.717) is 35.3 Å². The van der Waals surface area contributed by atoms with Crippen molar-refractivity contribution in [3.8, 4) is 11.1 Å². The molecule has 0 radical (unpaired) electrons. The fraction of sp³-hybridized carbons (Fsp3) is 0.278. The molecular weight excluding hydrogens is 744 g/mol. The van der Waals surface area contributed by atoms with Crippen LogP contribution in [0, 0.1) is 6.92 Å². The summed E-state index contributed by atoms with van der Waals surface area (Å²) in [7, 11) is -2.45. The van der Waals surface area contributed by atoms with Crippen molar-refractivity contribution in [1.29, 1.82) is 0 Å². The van der Waals surface area contributed by atoms with Crippen LogP contribution in [-0.2, 0) is 55.8 Å². The van der Waals surface area contributed by atoms with E-state index in [1.54, 1.807) is 0 Å². The second kappa shape index (κ2) is 17.0. The molecule has 3 aromatic heterocycles. The van der Waals surface area contributed by atoms with Crippen LogP contribution < -0.4 is 9.97 Å². The zero-order valence-corrected chi connectivity index (χ0v) is 33.9. The van der Waals surface area contributed by atoms with Gasteiger partial charge >= 0.3 is 35.1 Å². The minimum atomic E-state index is -3.74. The van der Waals surface area contributed by atoms with Crippen LogP contribution in [0.5, 0.6) is 0 Å². The summed E-state index contributed by atoms with van der Waals surface area (Å²) in [6, 6.07) is 20.0. The van der Waals surface area contributed by atoms with Crippen molar-refractivity contribution in [3.05, 3.63) is 94.6 Å². The number of aromatic nitrogens is 4. The summed E-state index contributed by atoms with van der Waals surface area (Å²) in [5.41, 5.74) is 9.78. The second-order valence-electron chi connectivity index (χ2n) is 11.5. The summed E-state index contributed by atoms with van der Waals surface area (Å²) in [4.78, 5) is 19.9. The van der Waals surface area contributed by atoms with Gasteiger partial charge in [-0.15, -0.1) is 22.1 Å². The molecule has 0 unspecified atom stereocenters. The first kappa shape index (κ1) is 38.9. The Morgan fingerprint density at radius 3 is 1.69 bits per heavy atom. The molecular formula is C36H38N4O8P2Zn. The van der Waals surface area contributed by atoms with Crippen LogP contribution in [0.1, 0.15) is 52.7 Å². The predicted octanol–water partition coefficient (Wildman–Crippen LogP) is 8.59. The number of rotatable bonds is 14. The van der Waals surface area contributed by atoms with Crippen molar-refractivity contribution in [2.24, 2.45) is 0 Å². The second-order valence-corrected chi connectivity index (χ2v) is 15.3. The summed E-state index contributed by atoms with van der Waals surface area (Å²) < 4.78 is 56.4. The van der Waals surface area contributed by atoms with Crippen LogP contribution in [0.2, 0.25) is 0 Å². The summed E-state index contributed by atoms with van der Waals surface area (Å²) in [5, 5.41) is 0. The zero-order chi connectivity index (χ0) is 35.3. The van der Waals surface area contributed by atoms with E-state index < -0.39 is 15.6 Å². The molecule has 0 aliphatic carbocycles. The quantitative estimate of drug-likeness (QED) is 0.0771. The minimum Gasteiger partial charge on any atom is -0.657 e. The van der Waals surface area contributed by atoms with Gasteiger partial charge in [-0.05, 0) is 66.7 Å². The Balaban J connectivity index is 0.00000504. The summed E-state index contributed by atoms with van der Waals surface area (Å²) in [6.45, 7) is 2.09. The van der Waals surface area contributed by atoms with Crippen LogP contribution in [0.4, 0.5) is 0 Å². The Bertz CT molecular complexity index is 2130. The number of phosphoric ester groups is 2. The van der Waals surface area contributed by atoms with E-state index in [0.717, 1.165) is 39.1 Å². The van der Waals surface area contributed by atoms with Gasteiger partial charge in [0.2, 0.25) is 0 Å². The largest absolute Gasteiger partial charge is 2.00 e. The SMILES string of the molecule is COP(=O)(OC)OCCC(CCOP(=O)(OC)OC)c1c2nc(cc3ccc([n-]3)c(-c3ccc(C)cc3)c3nc(cc4ccc1[n-]4)C=C3)C=C2.[Zn+2]. The molecule has 1 aromatic carbocycles. The molecule has 2 aliphatic rings. The van der Waals surface area contributed by atoms with E-state index in [2.05, 4.69) is 31.2 Å². The molecule has 8 bridgehead atoms. The Morgan fingerprint density at radius 1 is 0.647 bits per heavy atom. The standard InChI is InChI=1S/C36H38N4O8P2.Zn/c1-24-6-8-25(9-7-24)35-31-14-10-27(37-31)22-29-12-16-33(39-29)36(34-17-13-30(40-34)23-28-11-15-32(35)38-28)26(18-20-47-49(41,43-2)44-3)19-21-48-50(42,45-4)46-5;/h6-17,22-23,26H,18-21H2,1-5H3;/q-2;+2. The van der Waals surface area contributed by atoms with Gasteiger partial charge in [0.25, 0.3) is 0 Å². The van der Waals surface area contributed by atoms with Gasteiger partial charge in [0.05, 0.1) is 36.0 Å². The van der Waals surface area contributed by atoms with Gasteiger partial charge in [-0.1, -0.05) is 66.2 Å². The molecule has 262 valence electrons. The van der Waals surface area contributed by atoms with E-state index in [-0.39, 0.29) is 38.6 Å². The average molecular weight is 782 g/mol. The maximum Gasteiger partial charge on any atom is 2.00 e. The monoisotopic (exact) mass is 780 g/mol. The molecule has 12 nitrogen and oxygen atoms in total. The number of phosphoric acid groups is 2. The van der Waals surface area contributed by atoms with E-state index in [9.17, 15) is 9.13 Å². The van der Waals surface area contributed by atoms with E-state index in [1.807, 2.05) is 60.7 Å². The number of hydrogen-bond acceptors (Lipinski definition) is 10. The van der Waals surface area contributed by atoms with Crippen molar-refractivity contribution in [2.45, 2.75) is 25.7 Å². The maximum atomic E-state index is 12.7. The topological polar surface area (TPSA) is 144 Å². The van der Waals surface area contributed by atoms with Gasteiger partial charge in [-0.2, -0.15) is 0 Å². The molecule has 15 heteroatoms. The van der Waals surface area contributed by atoms with Crippen LogP contribution in [-0.4, -0.2) is 51.6 Å². The molecule has 51 heavy (non-hydrogen) atoms. The molecule has 6 rings (SSSR count). The molecule has 0 atom stereocenters. The van der Waals surface area contributed by atoms with Crippen LogP contribution >= 0.6 is 15.6 Å². The van der Waals surface area contributed by atoms with Gasteiger partial charge in [-0.3, -0.25) is 27.1 Å². The molecule has 2 aliphatic heterocycles. The van der Waals surface area contributed by atoms with Crippen molar-refractivity contribution in [2.75, 3.05) is 41.7 Å². The number of aryl methyl sites for hydroxylation is 1. The third-order valence-corrected chi connectivity index (χ3v) is 11.2. The first-order valence-corrected chi connectivity index (χ1v) is 18.9. The molecule has 0 fully saturated rings. The summed E-state index contributed by atoms with van der Waals surface area (Å²) in [6.07, 6.45) is 8.50. The molecule has 0 N–H and O–H groups in total. The van der Waals surface area contributed by atoms with Gasteiger partial charge in [-0.25, -0.2) is 19.1 Å². The van der Waals surface area contributed by atoms with Crippen molar-refractivity contribution in [3.63, 3.8) is 0 Å². The molecule has 5 heterocycles. The minimum absolute atomic E-state index is 0. The number of benzene rings is 1. The van der Waals surface area contributed by atoms with Gasteiger partial charge in [0.1, 0.15) is 0 Å². The zero-order valence-electron chi connectivity index (χ0n) is 29.1. The Labute approximate surface area is 309 Å². The van der Waals surface area contributed by atoms with E-state index in [1.165, 1.54) is 34.0 Å². The summed E-state index contributed by atoms with van der Waals surface area (Å²) in [5.74, 6) is -0.331. The van der Waals surface area contributed by atoms with Gasteiger partial charge < -0.3 is 9.97 Å². The Kier molecular flexibility index (Phi) is 13.0. The first-order chi connectivity index (χ1) is 24.1. The van der Waals surface area contributed by atoms with Crippen molar-refractivity contribution in [1.82, 2.24) is 19.9 Å². The van der Waals surface area contributed by atoms with Gasteiger partial charge in [0, 0.05) is 28.4 Å². The normalized spacial score (nSPS) is 12.8. The molecule has 0 saturated heterocycles. The number of nitrogens with zero attached hydrogens (tertiary/aromatic N) is 4. The maximum absolute atomic E-state index is 12.7. The summed E-state index contributed by atoms with van der Waals surface area (Å²) >= 11 is 0. The fourth-order valence-electron chi connectivity index (χ4n) is 5.82. The van der Waals surface area contributed by atoms with Crippen molar-refractivity contribution >= 4 is 62.0 Å². The van der Waals surface area contributed by atoms with Crippen LogP contribution in [0.25, 0.3) is 57.5 Å². The number of fused-ring (bicyclic) bond motifs is 8. The number of hydrogen-bond donors (Lipinski definition) is 0. The predicted molar refractivity (Wildman–Crippen MR) is 194 cm³/mol. The first-order valence-electron chi connectivity index (χ1n) is 15.9. The van der Waals surface area contributed by atoms with E-state index in [4.69, 9.17) is 47.1 Å². The van der Waals surface area contributed by atoms with Crippen molar-refractivity contribution < 1.29 is 55.8 Å². The molecule has 0 saturated carbocycles. The molecule has 0 spiro atoms. The van der Waals surface area contributed by atoms with Gasteiger partial charge in [0.15, 0.2) is 0 Å². The molecule has 0 amide bonds. The van der Waals surface area contributed by atoms with E-state index >= 15 is 0 Å². The third-order valence-electron chi connectivity index (χ3n) is 8.38. The van der Waals surface area contributed by atoms with Crippen LogP contribution in [0.3, 0.4) is 0 Å². The Morgan fingerprint density at radius 2 is 1.14 bits per heavy atom.